The predicted molar refractivity (Wildman–Crippen MR) is 217 cm³/mol. The van der Waals surface area contributed by atoms with Gasteiger partial charge in [-0.15, -0.1) is 0 Å². The van der Waals surface area contributed by atoms with E-state index < -0.39 is 98.8 Å². The van der Waals surface area contributed by atoms with Crippen LogP contribution < -0.4 is 0 Å². The van der Waals surface area contributed by atoms with Crippen molar-refractivity contribution in [2.24, 2.45) is 16.7 Å². The molecule has 1 aromatic rings. The van der Waals surface area contributed by atoms with Crippen molar-refractivity contribution >= 4 is 40.3 Å². The zero-order valence-electron chi connectivity index (χ0n) is 35.7. The van der Waals surface area contributed by atoms with Crippen molar-refractivity contribution in [3.8, 4) is 0 Å². The molecule has 0 amide bonds. The number of rotatable bonds is 14. The van der Waals surface area contributed by atoms with Gasteiger partial charge < -0.3 is 32.9 Å². The van der Waals surface area contributed by atoms with Crippen molar-refractivity contribution in [2.75, 3.05) is 6.61 Å². The van der Waals surface area contributed by atoms with Gasteiger partial charge in [-0.25, -0.2) is 4.79 Å². The van der Waals surface area contributed by atoms with Crippen molar-refractivity contribution in [3.63, 3.8) is 0 Å². The van der Waals surface area contributed by atoms with Crippen LogP contribution in [0.3, 0.4) is 0 Å². The van der Waals surface area contributed by atoms with Crippen LogP contribution in [0.2, 0.25) is 36.3 Å². The molecule has 1 aliphatic heterocycles. The van der Waals surface area contributed by atoms with Crippen LogP contribution in [0.1, 0.15) is 106 Å². The first-order chi connectivity index (χ1) is 26.3. The Morgan fingerprint density at radius 2 is 1.39 bits per heavy atom. The number of fused-ring (bicyclic) bond motifs is 5. The van der Waals surface area contributed by atoms with Crippen molar-refractivity contribution in [3.05, 3.63) is 47.0 Å². The molecule has 1 aromatic carbocycles. The predicted octanol–water partition coefficient (Wildman–Crippen LogP) is 7.71. The van der Waals surface area contributed by atoms with Crippen molar-refractivity contribution in [2.45, 2.75) is 174 Å². The summed E-state index contributed by atoms with van der Waals surface area (Å²) in [4.78, 5) is 57.1. The average molecular weight is 815 g/mol. The third-order valence-corrected chi connectivity index (χ3v) is 24.1. The molecule has 0 radical (unpaired) electrons. The van der Waals surface area contributed by atoms with Crippen molar-refractivity contribution in [1.82, 2.24) is 0 Å². The first kappa shape index (κ1) is 44.4. The van der Waals surface area contributed by atoms with E-state index in [1.807, 2.05) is 20.8 Å². The van der Waals surface area contributed by atoms with E-state index in [9.17, 15) is 19.5 Å². The van der Waals surface area contributed by atoms with Gasteiger partial charge >= 0.3 is 17.9 Å². The molecular formula is C43H66O11Si2. The van der Waals surface area contributed by atoms with Gasteiger partial charge in [0.2, 0.25) is 0 Å². The maximum atomic E-state index is 16.1. The average Bonchev–Trinajstić information content (AvgIpc) is 3.16. The normalized spacial score (nSPS) is 33.9. The number of esters is 3. The lowest BCUT2D eigenvalue weighted by Crippen LogP contribution is -2.82. The summed E-state index contributed by atoms with van der Waals surface area (Å²) in [6, 6.07) is 13.4. The standard InChI is InChI=1S/C43H66O11Si2/c1-13-55(14-2,15-3)53-31-25-43(48)38(51-39(47)30-22-20-19-21-23-30)36-41(12,37(46)35(50-28(8)44)34(27(31)7)40(43,10)11)32(54-56(16-4,17-5)18-6)24-33-42(36,26-49-33)52-29(9)45/h19-23,31-33,35-36,38,48H,13-18,24-26H2,1-12H3/t31-,32-,33+,35+,36?,38?,41+,42-,43+/m0/s1. The summed E-state index contributed by atoms with van der Waals surface area (Å²) in [5, 5.41) is 14.0. The fourth-order valence-electron chi connectivity index (χ4n) is 10.8. The smallest absolute Gasteiger partial charge is 0.338 e. The number of benzene rings is 1. The van der Waals surface area contributed by atoms with E-state index >= 15 is 4.79 Å². The molecule has 1 heterocycles. The van der Waals surface area contributed by atoms with Gasteiger partial charge in [0.1, 0.15) is 17.8 Å². The molecule has 3 fully saturated rings. The molecule has 3 aliphatic carbocycles. The molecule has 2 saturated carbocycles. The summed E-state index contributed by atoms with van der Waals surface area (Å²) >= 11 is 0. The lowest BCUT2D eigenvalue weighted by atomic mass is 9.44. The van der Waals surface area contributed by atoms with Gasteiger partial charge in [-0.05, 0) is 73.4 Å². The maximum absolute atomic E-state index is 16.1. The lowest BCUT2D eigenvalue weighted by molar-refractivity contribution is -0.344. The number of hydrogen-bond donors (Lipinski definition) is 1. The van der Waals surface area contributed by atoms with Gasteiger partial charge in [0.05, 0.1) is 35.7 Å². The number of aliphatic hydroxyl groups is 1. The van der Waals surface area contributed by atoms with Gasteiger partial charge in [0, 0.05) is 32.1 Å². The number of carbonyl (C=O) groups excluding carboxylic acids is 4. The van der Waals surface area contributed by atoms with Gasteiger partial charge in [-0.3, -0.25) is 14.4 Å². The molecule has 0 spiro atoms. The van der Waals surface area contributed by atoms with E-state index in [2.05, 4.69) is 41.5 Å². The van der Waals surface area contributed by atoms with Gasteiger partial charge in [-0.2, -0.15) is 0 Å². The zero-order chi connectivity index (χ0) is 41.6. The van der Waals surface area contributed by atoms with Crippen molar-refractivity contribution in [1.29, 1.82) is 0 Å². The first-order valence-electron chi connectivity index (χ1n) is 20.8. The number of ether oxygens (including phenoxy) is 4. The summed E-state index contributed by atoms with van der Waals surface area (Å²) in [5.41, 5.74) is -5.03. The van der Waals surface area contributed by atoms with Crippen LogP contribution in [0.25, 0.3) is 0 Å². The SMILES string of the molecule is CC[Si](CC)(CC)O[C@H]1C[C@@]2(O)C(OC(=O)c3ccccc3)C3[C@](C)(C(=O)[C@H](OC(C)=O)C(=C1C)C2(C)C)[C@@H](O[Si](CC)(CC)CC)C[C@H]1OC[C@@]31OC(C)=O. The largest absolute Gasteiger partial charge is 0.455 e. The molecule has 312 valence electrons. The van der Waals surface area contributed by atoms with Crippen LogP contribution in [-0.4, -0.2) is 93.8 Å². The molecule has 1 N–H and O–H groups in total. The monoisotopic (exact) mass is 814 g/mol. The second-order valence-corrected chi connectivity index (χ2v) is 26.9. The third kappa shape index (κ3) is 6.99. The van der Waals surface area contributed by atoms with Crippen LogP contribution in [0.4, 0.5) is 0 Å². The summed E-state index contributed by atoms with van der Waals surface area (Å²) in [7, 11) is -4.87. The Kier molecular flexibility index (Phi) is 12.8. The Morgan fingerprint density at radius 1 is 0.839 bits per heavy atom. The maximum Gasteiger partial charge on any atom is 0.338 e. The highest BCUT2D eigenvalue weighted by Gasteiger charge is 2.79. The Hall–Kier alpha value is -2.69. The molecule has 5 rings (SSSR count). The molecule has 0 aromatic heterocycles. The highest BCUT2D eigenvalue weighted by Crippen LogP contribution is 2.65. The Labute approximate surface area is 335 Å². The minimum absolute atomic E-state index is 0.00908. The number of carbonyl (C=O) groups is 4. The lowest BCUT2D eigenvalue weighted by Gasteiger charge is -2.68. The summed E-state index contributed by atoms with van der Waals surface area (Å²) in [6.07, 6.45) is -4.94. The molecule has 1 saturated heterocycles. The van der Waals surface area contributed by atoms with Crippen molar-refractivity contribution < 1.29 is 52.1 Å². The molecule has 56 heavy (non-hydrogen) atoms. The quantitative estimate of drug-likeness (QED) is 0.0854. The van der Waals surface area contributed by atoms with Crippen LogP contribution in [-0.2, 0) is 42.2 Å². The minimum Gasteiger partial charge on any atom is -0.455 e. The Balaban J connectivity index is 1.92. The van der Waals surface area contributed by atoms with Crippen LogP contribution in [0, 0.1) is 16.7 Å². The molecule has 9 atom stereocenters. The second-order valence-electron chi connectivity index (χ2n) is 17.4. The van der Waals surface area contributed by atoms with E-state index in [1.165, 1.54) is 13.8 Å². The van der Waals surface area contributed by atoms with Crippen LogP contribution >= 0.6 is 0 Å². The Morgan fingerprint density at radius 3 is 1.88 bits per heavy atom. The number of Topliss-reactive ketones (excluding diaryl/α,β-unsaturated/α-hetero) is 1. The highest BCUT2D eigenvalue weighted by molar-refractivity contribution is 6.74. The van der Waals surface area contributed by atoms with E-state index in [-0.39, 0.29) is 25.0 Å². The van der Waals surface area contributed by atoms with Gasteiger partial charge in [-0.1, -0.05) is 73.6 Å². The zero-order valence-corrected chi connectivity index (χ0v) is 37.7. The summed E-state index contributed by atoms with van der Waals surface area (Å²) in [5.74, 6) is -3.61. The topological polar surface area (TPSA) is 144 Å². The number of ketones is 1. The Bertz CT molecular complexity index is 1670. The van der Waals surface area contributed by atoms with E-state index in [0.717, 1.165) is 36.3 Å². The first-order valence-corrected chi connectivity index (χ1v) is 25.9. The molecule has 2 bridgehead atoms. The van der Waals surface area contributed by atoms with E-state index in [0.29, 0.717) is 11.1 Å². The van der Waals surface area contributed by atoms with Crippen LogP contribution in [0.15, 0.2) is 41.5 Å². The molecule has 4 aliphatic rings. The van der Waals surface area contributed by atoms with Gasteiger partial charge in [0.15, 0.2) is 34.1 Å². The number of hydrogen-bond acceptors (Lipinski definition) is 11. The third-order valence-electron chi connectivity index (χ3n) is 14.8. The van der Waals surface area contributed by atoms with Gasteiger partial charge in [0.25, 0.3) is 0 Å². The highest BCUT2D eigenvalue weighted by atomic mass is 28.4. The summed E-state index contributed by atoms with van der Waals surface area (Å²) < 4.78 is 40.1. The second kappa shape index (κ2) is 16.2. The fraction of sp³-hybridized carbons (Fsp3) is 0.721. The summed E-state index contributed by atoms with van der Waals surface area (Å²) in [6.45, 7) is 22.5. The molecule has 2 unspecified atom stereocenters. The minimum atomic E-state index is -2.49. The molecular weight excluding hydrogens is 749 g/mol. The van der Waals surface area contributed by atoms with E-state index in [1.54, 1.807) is 37.3 Å². The molecule has 11 nitrogen and oxygen atoms in total. The fourth-order valence-corrected chi connectivity index (χ4v) is 16.6. The molecule has 13 heteroatoms. The van der Waals surface area contributed by atoms with Crippen LogP contribution in [0.5, 0.6) is 0 Å². The van der Waals surface area contributed by atoms with E-state index in [4.69, 9.17) is 27.8 Å².